The highest BCUT2D eigenvalue weighted by Gasteiger charge is 2.57. The van der Waals surface area contributed by atoms with Gasteiger partial charge in [0.2, 0.25) is 0 Å². The predicted octanol–water partition coefficient (Wildman–Crippen LogP) is 2.44. The molecule has 5 heteroatoms. The van der Waals surface area contributed by atoms with Gasteiger partial charge >= 0.3 is 12.0 Å². The molecule has 0 aliphatic rings. The Kier molecular flexibility index (Phi) is 2.66. The molecule has 0 spiro atoms. The summed E-state index contributed by atoms with van der Waals surface area (Å²) in [6.07, 6.45) is -5.06. The SMILES string of the molecule is C=C(C)C(F)(OC)C(F)(F)F. The van der Waals surface area contributed by atoms with E-state index in [1.165, 1.54) is 0 Å². The van der Waals surface area contributed by atoms with Crippen LogP contribution in [0.2, 0.25) is 0 Å². The Morgan fingerprint density at radius 3 is 1.64 bits per heavy atom. The van der Waals surface area contributed by atoms with Crippen molar-refractivity contribution in [3.8, 4) is 0 Å². The molecule has 1 unspecified atom stereocenters. The van der Waals surface area contributed by atoms with Crippen molar-refractivity contribution in [2.75, 3.05) is 7.11 Å². The van der Waals surface area contributed by atoms with E-state index in [9.17, 15) is 17.6 Å². The van der Waals surface area contributed by atoms with Gasteiger partial charge < -0.3 is 4.74 Å². The molecule has 66 valence electrons. The normalized spacial score (nSPS) is 17.6. The van der Waals surface area contributed by atoms with Gasteiger partial charge in [0.15, 0.2) is 0 Å². The summed E-state index contributed by atoms with van der Waals surface area (Å²) in [5.74, 6) is -3.72. The van der Waals surface area contributed by atoms with Gasteiger partial charge in [-0.15, -0.1) is 0 Å². The molecule has 0 saturated heterocycles. The van der Waals surface area contributed by atoms with E-state index in [4.69, 9.17) is 0 Å². The van der Waals surface area contributed by atoms with Crippen LogP contribution in [0.1, 0.15) is 6.92 Å². The maximum absolute atomic E-state index is 12.7. The van der Waals surface area contributed by atoms with Crippen LogP contribution in [0, 0.1) is 0 Å². The van der Waals surface area contributed by atoms with E-state index >= 15 is 0 Å². The van der Waals surface area contributed by atoms with E-state index < -0.39 is 17.6 Å². The van der Waals surface area contributed by atoms with Crippen LogP contribution in [-0.2, 0) is 4.74 Å². The largest absolute Gasteiger partial charge is 0.452 e. The zero-order valence-corrected chi connectivity index (χ0v) is 6.13. The first-order chi connectivity index (χ1) is 4.75. The summed E-state index contributed by atoms with van der Waals surface area (Å²) in [6.45, 7) is 3.76. The van der Waals surface area contributed by atoms with Crippen molar-refractivity contribution in [2.24, 2.45) is 0 Å². The summed E-state index contributed by atoms with van der Waals surface area (Å²) in [5, 5.41) is 0. The Hall–Kier alpha value is -0.580. The highest BCUT2D eigenvalue weighted by molar-refractivity contribution is 5.08. The highest BCUT2D eigenvalue weighted by Crippen LogP contribution is 2.39. The van der Waals surface area contributed by atoms with Crippen molar-refractivity contribution >= 4 is 0 Å². The molecule has 0 aliphatic carbocycles. The molecule has 0 saturated carbocycles. The van der Waals surface area contributed by atoms with E-state index in [0.29, 0.717) is 7.11 Å². The molecule has 0 rings (SSSR count). The third-order valence-electron chi connectivity index (χ3n) is 1.19. The van der Waals surface area contributed by atoms with Gasteiger partial charge in [-0.05, 0) is 12.5 Å². The number of hydrogen-bond donors (Lipinski definition) is 0. The van der Waals surface area contributed by atoms with Crippen molar-refractivity contribution in [1.82, 2.24) is 0 Å². The van der Waals surface area contributed by atoms with Crippen LogP contribution in [0.3, 0.4) is 0 Å². The standard InChI is InChI=1S/C6H8F4O/c1-4(2)5(7,11-3)6(8,9)10/h1H2,2-3H3. The zero-order valence-electron chi connectivity index (χ0n) is 6.13. The summed E-state index contributed by atoms with van der Waals surface area (Å²) in [5.41, 5.74) is -0.715. The first-order valence-electron chi connectivity index (χ1n) is 2.72. The van der Waals surface area contributed by atoms with Gasteiger partial charge in [-0.2, -0.15) is 17.6 Å². The van der Waals surface area contributed by atoms with Crippen LogP contribution < -0.4 is 0 Å². The Morgan fingerprint density at radius 2 is 1.64 bits per heavy atom. The minimum absolute atomic E-state index is 0.641. The second-order valence-electron chi connectivity index (χ2n) is 2.08. The fraction of sp³-hybridized carbons (Fsp3) is 0.667. The Bertz CT molecular complexity index is 162. The van der Waals surface area contributed by atoms with Gasteiger partial charge in [-0.25, -0.2) is 0 Å². The first kappa shape index (κ1) is 10.4. The topological polar surface area (TPSA) is 9.23 Å². The number of methoxy groups -OCH3 is 1. The molecule has 0 aromatic heterocycles. The summed E-state index contributed by atoms with van der Waals surface area (Å²) in [6, 6.07) is 0. The smallest absolute Gasteiger partial charge is 0.339 e. The van der Waals surface area contributed by atoms with Gasteiger partial charge in [-0.3, -0.25) is 0 Å². The fourth-order valence-electron chi connectivity index (χ4n) is 0.532. The van der Waals surface area contributed by atoms with E-state index in [1.54, 1.807) is 0 Å². The van der Waals surface area contributed by atoms with Gasteiger partial charge in [-0.1, -0.05) is 6.58 Å². The third kappa shape index (κ3) is 1.71. The third-order valence-corrected chi connectivity index (χ3v) is 1.19. The molecule has 0 N–H and O–H groups in total. The van der Waals surface area contributed by atoms with E-state index in [0.717, 1.165) is 6.92 Å². The molecular formula is C6H8F4O. The summed E-state index contributed by atoms with van der Waals surface area (Å²) in [7, 11) is 0.641. The lowest BCUT2D eigenvalue weighted by Gasteiger charge is -2.25. The Labute approximate surface area is 61.7 Å². The second kappa shape index (κ2) is 2.81. The lowest BCUT2D eigenvalue weighted by molar-refractivity contribution is -0.305. The molecular weight excluding hydrogens is 164 g/mol. The number of rotatable bonds is 2. The number of alkyl halides is 4. The minimum Gasteiger partial charge on any atom is -0.339 e. The molecule has 1 atom stereocenters. The van der Waals surface area contributed by atoms with Crippen LogP contribution >= 0.6 is 0 Å². The van der Waals surface area contributed by atoms with Crippen molar-refractivity contribution in [1.29, 1.82) is 0 Å². The van der Waals surface area contributed by atoms with E-state index in [-0.39, 0.29) is 0 Å². The molecule has 0 radical (unpaired) electrons. The monoisotopic (exact) mass is 172 g/mol. The van der Waals surface area contributed by atoms with Crippen LogP contribution in [-0.4, -0.2) is 19.1 Å². The molecule has 0 amide bonds. The predicted molar refractivity (Wildman–Crippen MR) is 31.7 cm³/mol. The molecule has 0 aliphatic heterocycles. The van der Waals surface area contributed by atoms with E-state index in [1.807, 2.05) is 0 Å². The van der Waals surface area contributed by atoms with Gasteiger partial charge in [0.25, 0.3) is 0 Å². The van der Waals surface area contributed by atoms with Crippen molar-refractivity contribution in [3.63, 3.8) is 0 Å². The second-order valence-corrected chi connectivity index (χ2v) is 2.08. The molecule has 0 bridgehead atoms. The van der Waals surface area contributed by atoms with Gasteiger partial charge in [0.1, 0.15) is 0 Å². The molecule has 0 heterocycles. The quantitative estimate of drug-likeness (QED) is 0.459. The van der Waals surface area contributed by atoms with Crippen LogP contribution in [0.4, 0.5) is 17.6 Å². The fourth-order valence-corrected chi connectivity index (χ4v) is 0.532. The summed E-state index contributed by atoms with van der Waals surface area (Å²) in [4.78, 5) is 0. The van der Waals surface area contributed by atoms with Crippen molar-refractivity contribution in [3.05, 3.63) is 12.2 Å². The van der Waals surface area contributed by atoms with Crippen LogP contribution in [0.15, 0.2) is 12.2 Å². The molecule has 0 aromatic rings. The van der Waals surface area contributed by atoms with Crippen molar-refractivity contribution < 1.29 is 22.3 Å². The molecule has 0 aromatic carbocycles. The molecule has 11 heavy (non-hydrogen) atoms. The first-order valence-corrected chi connectivity index (χ1v) is 2.72. The summed E-state index contributed by atoms with van der Waals surface area (Å²) >= 11 is 0. The Balaban J connectivity index is 4.75. The highest BCUT2D eigenvalue weighted by atomic mass is 19.4. The van der Waals surface area contributed by atoms with Crippen molar-refractivity contribution in [2.45, 2.75) is 19.0 Å². The average Bonchev–Trinajstić information content (AvgIpc) is 1.83. The minimum atomic E-state index is -5.06. The van der Waals surface area contributed by atoms with Gasteiger partial charge in [0.05, 0.1) is 0 Å². The van der Waals surface area contributed by atoms with E-state index in [2.05, 4.69) is 11.3 Å². The maximum Gasteiger partial charge on any atom is 0.452 e. The Morgan fingerprint density at radius 1 is 1.27 bits per heavy atom. The average molecular weight is 172 g/mol. The lowest BCUT2D eigenvalue weighted by Crippen LogP contribution is -2.43. The zero-order chi connectivity index (χ0) is 9.28. The number of halogens is 4. The summed E-state index contributed by atoms with van der Waals surface area (Å²) < 4.78 is 51.8. The maximum atomic E-state index is 12.7. The van der Waals surface area contributed by atoms with Crippen LogP contribution in [0.25, 0.3) is 0 Å². The van der Waals surface area contributed by atoms with Crippen LogP contribution in [0.5, 0.6) is 0 Å². The number of ether oxygens (including phenoxy) is 1. The number of hydrogen-bond acceptors (Lipinski definition) is 1. The molecule has 1 nitrogen and oxygen atoms in total. The van der Waals surface area contributed by atoms with Gasteiger partial charge in [0, 0.05) is 7.11 Å². The lowest BCUT2D eigenvalue weighted by atomic mass is 10.1. The molecule has 0 fully saturated rings.